The minimum absolute atomic E-state index is 0.0148. The predicted molar refractivity (Wildman–Crippen MR) is 134 cm³/mol. The molecule has 2 amide bonds. The van der Waals surface area contributed by atoms with Crippen molar-refractivity contribution in [3.63, 3.8) is 0 Å². The summed E-state index contributed by atoms with van der Waals surface area (Å²) in [4.78, 5) is 37.9. The van der Waals surface area contributed by atoms with Gasteiger partial charge in [0.1, 0.15) is 0 Å². The van der Waals surface area contributed by atoms with Crippen LogP contribution in [0.4, 0.5) is 17.1 Å². The first-order valence-electron chi connectivity index (χ1n) is 11.5. The highest BCUT2D eigenvalue weighted by atomic mass is 16.6. The number of hydrogen-bond donors (Lipinski definition) is 2. The van der Waals surface area contributed by atoms with Crippen molar-refractivity contribution in [2.24, 2.45) is 0 Å². The third-order valence-electron chi connectivity index (χ3n) is 6.51. The molecule has 8 nitrogen and oxygen atoms in total. The lowest BCUT2D eigenvalue weighted by molar-refractivity contribution is -0.384. The fraction of sp³-hybridized carbons (Fsp3) is 0.185. The van der Waals surface area contributed by atoms with E-state index in [0.29, 0.717) is 28.9 Å². The number of anilines is 2. The number of rotatable bonds is 6. The molecule has 1 fully saturated rings. The maximum Gasteiger partial charge on any atom is 0.270 e. The second-order valence-electron chi connectivity index (χ2n) is 8.67. The highest BCUT2D eigenvalue weighted by Crippen LogP contribution is 2.39. The van der Waals surface area contributed by atoms with Gasteiger partial charge in [-0.1, -0.05) is 42.5 Å². The number of nitrogens with one attached hydrogen (secondary N) is 2. The van der Waals surface area contributed by atoms with Gasteiger partial charge in [-0.15, -0.1) is 0 Å². The number of carbonyl (C=O) groups excluding carboxylic acids is 2. The van der Waals surface area contributed by atoms with Crippen LogP contribution in [0.15, 0.2) is 72.8 Å². The first-order chi connectivity index (χ1) is 16.9. The average molecular weight is 469 g/mol. The Hall–Kier alpha value is -4.46. The van der Waals surface area contributed by atoms with Crippen LogP contribution in [-0.2, 0) is 9.59 Å². The van der Waals surface area contributed by atoms with Gasteiger partial charge in [-0.05, 0) is 42.7 Å². The second kappa shape index (κ2) is 9.06. The zero-order valence-electron chi connectivity index (χ0n) is 19.2. The minimum Gasteiger partial charge on any atom is -0.354 e. The summed E-state index contributed by atoms with van der Waals surface area (Å²) < 4.78 is 0. The molecule has 0 radical (unpaired) electrons. The molecule has 3 aromatic carbocycles. The molecule has 5 rings (SSSR count). The molecule has 1 saturated heterocycles. The summed E-state index contributed by atoms with van der Waals surface area (Å²) in [5.74, 6) is -0.152. The fourth-order valence-electron chi connectivity index (χ4n) is 4.65. The second-order valence-corrected chi connectivity index (χ2v) is 8.67. The molecule has 0 saturated carbocycles. The van der Waals surface area contributed by atoms with Crippen LogP contribution in [-0.4, -0.2) is 28.2 Å². The first kappa shape index (κ1) is 22.3. The van der Waals surface area contributed by atoms with Crippen LogP contribution in [0.25, 0.3) is 11.3 Å². The zero-order valence-corrected chi connectivity index (χ0v) is 19.2. The van der Waals surface area contributed by atoms with Crippen LogP contribution < -0.4 is 10.6 Å². The third-order valence-corrected chi connectivity index (χ3v) is 6.51. The van der Waals surface area contributed by atoms with Crippen molar-refractivity contribution in [3.8, 4) is 0 Å². The Morgan fingerprint density at radius 2 is 1.80 bits per heavy atom. The van der Waals surface area contributed by atoms with Gasteiger partial charge in [0, 0.05) is 42.0 Å². The number of nitro groups is 1. The van der Waals surface area contributed by atoms with E-state index < -0.39 is 4.92 Å². The molecule has 2 N–H and O–H groups in total. The van der Waals surface area contributed by atoms with Gasteiger partial charge in [-0.3, -0.25) is 19.7 Å². The molecule has 1 atom stereocenters. The van der Waals surface area contributed by atoms with Crippen molar-refractivity contribution >= 4 is 40.1 Å². The summed E-state index contributed by atoms with van der Waals surface area (Å²) in [6.07, 6.45) is 1.48. The van der Waals surface area contributed by atoms with Crippen molar-refractivity contribution in [3.05, 3.63) is 99.6 Å². The Bertz CT molecular complexity index is 1350. The molecule has 0 spiro atoms. The third kappa shape index (κ3) is 4.26. The summed E-state index contributed by atoms with van der Waals surface area (Å²) in [7, 11) is 0. The van der Waals surface area contributed by atoms with Gasteiger partial charge in [0.25, 0.3) is 11.6 Å². The van der Waals surface area contributed by atoms with Crippen molar-refractivity contribution < 1.29 is 14.5 Å². The van der Waals surface area contributed by atoms with Crippen LogP contribution in [0.2, 0.25) is 0 Å². The summed E-state index contributed by atoms with van der Waals surface area (Å²) in [6, 6.07) is 21.5. The SMILES string of the molecule is CC(c1ccc(N/C(=C2\C(=O)Nc3ccc([N+](=O)[O-])cc32)c2ccccc2)cc1)N1CCCC1=O. The predicted octanol–water partition coefficient (Wildman–Crippen LogP) is 5.21. The van der Waals surface area contributed by atoms with Crippen LogP contribution in [0.5, 0.6) is 0 Å². The van der Waals surface area contributed by atoms with Gasteiger partial charge < -0.3 is 15.5 Å². The van der Waals surface area contributed by atoms with Crippen LogP contribution in [0.3, 0.4) is 0 Å². The Labute approximate surface area is 202 Å². The van der Waals surface area contributed by atoms with E-state index in [2.05, 4.69) is 10.6 Å². The molecule has 2 aliphatic rings. The molecule has 0 aromatic heterocycles. The zero-order chi connectivity index (χ0) is 24.5. The van der Waals surface area contributed by atoms with Crippen LogP contribution in [0, 0.1) is 10.1 Å². The minimum atomic E-state index is -0.471. The van der Waals surface area contributed by atoms with E-state index in [1.807, 2.05) is 66.4 Å². The molecule has 0 aliphatic carbocycles. The maximum atomic E-state index is 13.0. The number of fused-ring (bicyclic) bond motifs is 1. The van der Waals surface area contributed by atoms with E-state index in [4.69, 9.17) is 0 Å². The average Bonchev–Trinajstić information content (AvgIpc) is 3.44. The van der Waals surface area contributed by atoms with E-state index in [1.54, 1.807) is 6.07 Å². The fourth-order valence-corrected chi connectivity index (χ4v) is 4.65. The molecule has 2 aliphatic heterocycles. The van der Waals surface area contributed by atoms with Gasteiger partial charge in [0.15, 0.2) is 0 Å². The molecule has 2 heterocycles. The van der Waals surface area contributed by atoms with Crippen molar-refractivity contribution in [2.45, 2.75) is 25.8 Å². The highest BCUT2D eigenvalue weighted by Gasteiger charge is 2.30. The summed E-state index contributed by atoms with van der Waals surface area (Å²) in [5, 5.41) is 17.5. The van der Waals surface area contributed by atoms with E-state index in [0.717, 1.165) is 29.8 Å². The lowest BCUT2D eigenvalue weighted by Crippen LogP contribution is -2.27. The molecule has 0 bridgehead atoms. The molecule has 176 valence electrons. The maximum absolute atomic E-state index is 13.0. The molecule has 1 unspecified atom stereocenters. The van der Waals surface area contributed by atoms with Gasteiger partial charge >= 0.3 is 0 Å². The van der Waals surface area contributed by atoms with Gasteiger partial charge in [-0.25, -0.2) is 0 Å². The number of carbonyl (C=O) groups is 2. The molecule has 3 aromatic rings. The monoisotopic (exact) mass is 468 g/mol. The largest absolute Gasteiger partial charge is 0.354 e. The van der Waals surface area contributed by atoms with Crippen molar-refractivity contribution in [1.82, 2.24) is 4.90 Å². The lowest BCUT2D eigenvalue weighted by Gasteiger charge is -2.25. The smallest absolute Gasteiger partial charge is 0.270 e. The van der Waals surface area contributed by atoms with Gasteiger partial charge in [-0.2, -0.15) is 0 Å². The van der Waals surface area contributed by atoms with Crippen LogP contribution in [0.1, 0.15) is 42.5 Å². The standard InChI is InChI=1S/C27H24N4O4/c1-17(30-15-5-8-24(30)32)18-9-11-20(12-10-18)28-26(19-6-3-2-4-7-19)25-22-16-21(31(34)35)13-14-23(22)29-27(25)33/h2-4,6-7,9-14,16-17,28H,5,8,15H2,1H3,(H,29,33)/b26-25-. The number of nitro benzene ring substituents is 1. The van der Waals surface area contributed by atoms with Crippen molar-refractivity contribution in [2.75, 3.05) is 17.2 Å². The van der Waals surface area contributed by atoms with Crippen LogP contribution >= 0.6 is 0 Å². The summed E-state index contributed by atoms with van der Waals surface area (Å²) in [5.41, 5.74) is 4.38. The Morgan fingerprint density at radius 1 is 1.06 bits per heavy atom. The molecule has 35 heavy (non-hydrogen) atoms. The number of hydrogen-bond acceptors (Lipinski definition) is 5. The topological polar surface area (TPSA) is 105 Å². The van der Waals surface area contributed by atoms with E-state index >= 15 is 0 Å². The van der Waals surface area contributed by atoms with E-state index in [9.17, 15) is 19.7 Å². The summed E-state index contributed by atoms with van der Waals surface area (Å²) in [6.45, 7) is 2.79. The van der Waals surface area contributed by atoms with Gasteiger partial charge in [0.05, 0.1) is 22.2 Å². The highest BCUT2D eigenvalue weighted by molar-refractivity contribution is 6.37. The number of nitrogens with zero attached hydrogens (tertiary/aromatic N) is 2. The van der Waals surface area contributed by atoms with Crippen molar-refractivity contribution in [1.29, 1.82) is 0 Å². The molecular weight excluding hydrogens is 444 g/mol. The number of benzene rings is 3. The number of amides is 2. The molecule has 8 heteroatoms. The first-order valence-corrected chi connectivity index (χ1v) is 11.5. The Morgan fingerprint density at radius 3 is 2.46 bits per heavy atom. The van der Waals surface area contributed by atoms with Gasteiger partial charge in [0.2, 0.25) is 5.91 Å². The Kier molecular flexibility index (Phi) is 5.78. The van der Waals surface area contributed by atoms with E-state index in [1.165, 1.54) is 12.1 Å². The quantitative estimate of drug-likeness (QED) is 0.294. The summed E-state index contributed by atoms with van der Waals surface area (Å²) >= 11 is 0. The van der Waals surface area contributed by atoms with E-state index in [-0.39, 0.29) is 23.5 Å². The molecular formula is C27H24N4O4. The lowest BCUT2D eigenvalue weighted by atomic mass is 9.99. The normalized spacial score (nSPS) is 17.1. The Balaban J connectivity index is 1.53. The number of non-ortho nitro benzene ring substituents is 1. The number of likely N-dealkylation sites (tertiary alicyclic amines) is 1.